The van der Waals surface area contributed by atoms with E-state index in [1.165, 1.54) is 0 Å². The number of carbonyl (C=O) groups excluding carboxylic acids is 2. The fourth-order valence-electron chi connectivity index (χ4n) is 1.95. The molecule has 0 aliphatic carbocycles. The predicted octanol–water partition coefficient (Wildman–Crippen LogP) is -0.162. The highest BCUT2D eigenvalue weighted by Crippen LogP contribution is 2.17. The van der Waals surface area contributed by atoms with Crippen molar-refractivity contribution in [2.75, 3.05) is 13.1 Å². The van der Waals surface area contributed by atoms with E-state index in [0.717, 1.165) is 19.4 Å². The normalized spacial score (nSPS) is 22.9. The van der Waals surface area contributed by atoms with Crippen LogP contribution in [0.5, 0.6) is 0 Å². The van der Waals surface area contributed by atoms with E-state index in [1.54, 1.807) is 4.90 Å². The summed E-state index contributed by atoms with van der Waals surface area (Å²) >= 11 is 0. The summed E-state index contributed by atoms with van der Waals surface area (Å²) in [5.74, 6) is -0.388. The fourth-order valence-corrected chi connectivity index (χ4v) is 1.95. The van der Waals surface area contributed by atoms with E-state index in [4.69, 9.17) is 11.5 Å². The van der Waals surface area contributed by atoms with Crippen molar-refractivity contribution in [3.63, 3.8) is 0 Å². The molecule has 0 radical (unpaired) electrons. The van der Waals surface area contributed by atoms with Crippen LogP contribution in [0.25, 0.3) is 0 Å². The van der Waals surface area contributed by atoms with Crippen molar-refractivity contribution in [2.45, 2.75) is 38.6 Å². The Labute approximate surface area is 96.1 Å². The zero-order valence-electron chi connectivity index (χ0n) is 9.82. The van der Waals surface area contributed by atoms with Gasteiger partial charge in [-0.2, -0.15) is 0 Å². The molecule has 2 amide bonds. The van der Waals surface area contributed by atoms with Crippen LogP contribution in [0.3, 0.4) is 0 Å². The Morgan fingerprint density at radius 3 is 2.75 bits per heavy atom. The summed E-state index contributed by atoms with van der Waals surface area (Å²) in [6.45, 7) is 3.10. The molecule has 0 spiro atoms. The van der Waals surface area contributed by atoms with Gasteiger partial charge < -0.3 is 16.4 Å². The number of amides is 2. The lowest BCUT2D eigenvalue weighted by Gasteiger charge is -2.31. The molecule has 5 heteroatoms. The van der Waals surface area contributed by atoms with Crippen LogP contribution in [0.2, 0.25) is 0 Å². The molecule has 1 aliphatic rings. The molecule has 2 unspecified atom stereocenters. The summed E-state index contributed by atoms with van der Waals surface area (Å²) in [5, 5.41) is 0. The lowest BCUT2D eigenvalue weighted by Crippen LogP contribution is -2.44. The van der Waals surface area contributed by atoms with Crippen molar-refractivity contribution in [2.24, 2.45) is 17.4 Å². The highest BCUT2D eigenvalue weighted by Gasteiger charge is 2.26. The van der Waals surface area contributed by atoms with E-state index >= 15 is 0 Å². The largest absolute Gasteiger partial charge is 0.369 e. The summed E-state index contributed by atoms with van der Waals surface area (Å²) in [7, 11) is 0. The first-order chi connectivity index (χ1) is 7.50. The van der Waals surface area contributed by atoms with E-state index < -0.39 is 0 Å². The van der Waals surface area contributed by atoms with Crippen LogP contribution >= 0.6 is 0 Å². The highest BCUT2D eigenvalue weighted by atomic mass is 16.2. The number of carbonyl (C=O) groups is 2. The van der Waals surface area contributed by atoms with E-state index in [-0.39, 0.29) is 23.8 Å². The first kappa shape index (κ1) is 13.0. The first-order valence-electron chi connectivity index (χ1n) is 5.83. The van der Waals surface area contributed by atoms with Crippen molar-refractivity contribution in [1.29, 1.82) is 0 Å². The molecule has 16 heavy (non-hydrogen) atoms. The maximum atomic E-state index is 11.8. The number of nitrogens with two attached hydrogens (primary N) is 2. The Bertz CT molecular complexity index is 266. The average molecular weight is 227 g/mol. The zero-order chi connectivity index (χ0) is 12.1. The molecule has 0 bridgehead atoms. The van der Waals surface area contributed by atoms with Crippen LogP contribution in [0, 0.1) is 5.92 Å². The lowest BCUT2D eigenvalue weighted by atomic mass is 9.97. The Balaban J connectivity index is 2.41. The smallest absolute Gasteiger partial charge is 0.222 e. The topological polar surface area (TPSA) is 89.4 Å². The molecule has 1 aliphatic heterocycles. The third kappa shape index (κ3) is 3.81. The molecule has 0 saturated carbocycles. The van der Waals surface area contributed by atoms with Crippen LogP contribution in [0.15, 0.2) is 0 Å². The van der Waals surface area contributed by atoms with Crippen molar-refractivity contribution < 1.29 is 9.59 Å². The highest BCUT2D eigenvalue weighted by molar-refractivity contribution is 5.80. The third-order valence-electron chi connectivity index (χ3n) is 2.99. The monoisotopic (exact) mass is 227 g/mol. The van der Waals surface area contributed by atoms with Gasteiger partial charge in [-0.05, 0) is 26.2 Å². The second-order valence-electron chi connectivity index (χ2n) is 4.60. The molecule has 1 heterocycles. The molecule has 1 rings (SSSR count). The first-order valence-corrected chi connectivity index (χ1v) is 5.83. The van der Waals surface area contributed by atoms with Crippen LogP contribution in [0.4, 0.5) is 0 Å². The molecule has 1 fully saturated rings. The van der Waals surface area contributed by atoms with E-state index in [0.29, 0.717) is 19.4 Å². The number of hydrogen-bond donors (Lipinski definition) is 2. The summed E-state index contributed by atoms with van der Waals surface area (Å²) in [4.78, 5) is 24.6. The van der Waals surface area contributed by atoms with Gasteiger partial charge in [0, 0.05) is 25.6 Å². The number of rotatable bonds is 4. The Morgan fingerprint density at radius 2 is 2.19 bits per heavy atom. The maximum absolute atomic E-state index is 11.8. The van der Waals surface area contributed by atoms with Crippen molar-refractivity contribution in [3.05, 3.63) is 0 Å². The molecule has 0 aromatic rings. The van der Waals surface area contributed by atoms with Gasteiger partial charge >= 0.3 is 0 Å². The van der Waals surface area contributed by atoms with Gasteiger partial charge in [-0.25, -0.2) is 0 Å². The molecule has 0 aromatic heterocycles. The second-order valence-corrected chi connectivity index (χ2v) is 4.60. The van der Waals surface area contributed by atoms with E-state index in [1.807, 2.05) is 6.92 Å². The predicted molar refractivity (Wildman–Crippen MR) is 61.4 cm³/mol. The average Bonchev–Trinajstić information content (AvgIpc) is 2.26. The molecular weight excluding hydrogens is 206 g/mol. The van der Waals surface area contributed by atoms with Crippen molar-refractivity contribution in [3.8, 4) is 0 Å². The summed E-state index contributed by atoms with van der Waals surface area (Å²) in [6.07, 6.45) is 2.81. The quantitative estimate of drug-likeness (QED) is 0.699. The van der Waals surface area contributed by atoms with Gasteiger partial charge in [-0.3, -0.25) is 9.59 Å². The molecule has 92 valence electrons. The van der Waals surface area contributed by atoms with Gasteiger partial charge in [-0.1, -0.05) is 0 Å². The number of likely N-dealkylation sites (tertiary alicyclic amines) is 1. The van der Waals surface area contributed by atoms with E-state index in [9.17, 15) is 9.59 Å². The standard InChI is InChI=1S/C11H21N3O2/c1-8(12)4-5-10(15)14-6-2-3-9(7-14)11(13)16/h8-9H,2-7,12H2,1H3,(H2,13,16). The molecule has 4 N–H and O–H groups in total. The van der Waals surface area contributed by atoms with E-state index in [2.05, 4.69) is 0 Å². The fraction of sp³-hybridized carbons (Fsp3) is 0.818. The summed E-state index contributed by atoms with van der Waals surface area (Å²) in [5.41, 5.74) is 10.9. The molecule has 2 atom stereocenters. The summed E-state index contributed by atoms with van der Waals surface area (Å²) < 4.78 is 0. The number of primary amides is 1. The van der Waals surface area contributed by atoms with Crippen LogP contribution in [-0.4, -0.2) is 35.8 Å². The SMILES string of the molecule is CC(N)CCC(=O)N1CCCC(C(N)=O)C1. The Morgan fingerprint density at radius 1 is 1.50 bits per heavy atom. The molecule has 0 aromatic carbocycles. The van der Waals surface area contributed by atoms with Gasteiger partial charge in [0.05, 0.1) is 5.92 Å². The summed E-state index contributed by atoms with van der Waals surface area (Å²) in [6, 6.07) is 0.0423. The Hall–Kier alpha value is -1.10. The maximum Gasteiger partial charge on any atom is 0.222 e. The Kier molecular flexibility index (Phi) is 4.73. The minimum Gasteiger partial charge on any atom is -0.369 e. The molecular formula is C11H21N3O2. The minimum atomic E-state index is -0.301. The van der Waals surface area contributed by atoms with Gasteiger partial charge in [0.2, 0.25) is 11.8 Å². The van der Waals surface area contributed by atoms with Crippen LogP contribution in [0.1, 0.15) is 32.6 Å². The van der Waals surface area contributed by atoms with Crippen LogP contribution < -0.4 is 11.5 Å². The van der Waals surface area contributed by atoms with Gasteiger partial charge in [0.25, 0.3) is 0 Å². The molecule has 1 saturated heterocycles. The molecule has 5 nitrogen and oxygen atoms in total. The number of hydrogen-bond acceptors (Lipinski definition) is 3. The number of nitrogens with zero attached hydrogens (tertiary/aromatic N) is 1. The minimum absolute atomic E-state index is 0.0423. The van der Waals surface area contributed by atoms with Crippen molar-refractivity contribution in [1.82, 2.24) is 4.90 Å². The zero-order valence-corrected chi connectivity index (χ0v) is 9.82. The van der Waals surface area contributed by atoms with Crippen LogP contribution in [-0.2, 0) is 9.59 Å². The van der Waals surface area contributed by atoms with Crippen molar-refractivity contribution >= 4 is 11.8 Å². The van der Waals surface area contributed by atoms with Gasteiger partial charge in [0.15, 0.2) is 0 Å². The second kappa shape index (κ2) is 5.84. The number of piperidine rings is 1. The third-order valence-corrected chi connectivity index (χ3v) is 2.99. The van der Waals surface area contributed by atoms with Gasteiger partial charge in [-0.15, -0.1) is 0 Å². The van der Waals surface area contributed by atoms with Gasteiger partial charge in [0.1, 0.15) is 0 Å². The lowest BCUT2D eigenvalue weighted by molar-refractivity contribution is -0.135.